The second-order valence-corrected chi connectivity index (χ2v) is 7.69. The van der Waals surface area contributed by atoms with E-state index in [1.54, 1.807) is 30.3 Å². The summed E-state index contributed by atoms with van der Waals surface area (Å²) in [5, 5.41) is 0.645. The lowest BCUT2D eigenvalue weighted by Crippen LogP contribution is -2.55. The third-order valence-corrected chi connectivity index (χ3v) is 5.29. The third-order valence-electron chi connectivity index (χ3n) is 5.04. The molecule has 1 aliphatic rings. The zero-order chi connectivity index (χ0) is 21.6. The van der Waals surface area contributed by atoms with E-state index in [1.165, 1.54) is 6.33 Å². The van der Waals surface area contributed by atoms with Crippen LogP contribution in [0.25, 0.3) is 0 Å². The number of hydrogen-bond donors (Lipinski definition) is 0. The van der Waals surface area contributed by atoms with Gasteiger partial charge >= 0.3 is 0 Å². The SMILES string of the molecule is C[C@@H]1CN(c2cc(Oc3ccc(Cl)cc3)ncn2)CCN1C(=O)COc1ccccc1. The van der Waals surface area contributed by atoms with Crippen molar-refractivity contribution < 1.29 is 14.3 Å². The van der Waals surface area contributed by atoms with Gasteiger partial charge < -0.3 is 19.3 Å². The van der Waals surface area contributed by atoms with Crippen LogP contribution in [0.2, 0.25) is 5.02 Å². The summed E-state index contributed by atoms with van der Waals surface area (Å²) in [6, 6.07) is 18.3. The van der Waals surface area contributed by atoms with Gasteiger partial charge in [-0.2, -0.15) is 0 Å². The van der Waals surface area contributed by atoms with Crippen molar-refractivity contribution in [1.82, 2.24) is 14.9 Å². The van der Waals surface area contributed by atoms with Gasteiger partial charge in [0.1, 0.15) is 23.6 Å². The Kier molecular flexibility index (Phi) is 6.52. The Bertz CT molecular complexity index is 1020. The fourth-order valence-electron chi connectivity index (χ4n) is 3.46. The van der Waals surface area contributed by atoms with Gasteiger partial charge in [-0.15, -0.1) is 0 Å². The van der Waals surface area contributed by atoms with Crippen LogP contribution in [0.1, 0.15) is 6.92 Å². The van der Waals surface area contributed by atoms with E-state index in [2.05, 4.69) is 14.9 Å². The fourth-order valence-corrected chi connectivity index (χ4v) is 3.59. The number of anilines is 1. The molecular formula is C23H23ClN4O3. The van der Waals surface area contributed by atoms with Gasteiger partial charge in [0.25, 0.3) is 5.91 Å². The molecule has 1 saturated heterocycles. The number of carbonyl (C=O) groups is 1. The smallest absolute Gasteiger partial charge is 0.260 e. The van der Waals surface area contributed by atoms with Gasteiger partial charge in [-0.05, 0) is 43.3 Å². The Morgan fingerprint density at radius 2 is 1.84 bits per heavy atom. The van der Waals surface area contributed by atoms with Crippen LogP contribution < -0.4 is 14.4 Å². The Morgan fingerprint density at radius 1 is 1.06 bits per heavy atom. The lowest BCUT2D eigenvalue weighted by atomic mass is 10.2. The Labute approximate surface area is 186 Å². The molecule has 4 rings (SSSR count). The number of rotatable bonds is 6. The van der Waals surface area contributed by atoms with Crippen LogP contribution in [0, 0.1) is 0 Å². The zero-order valence-electron chi connectivity index (χ0n) is 17.1. The summed E-state index contributed by atoms with van der Waals surface area (Å²) in [5.74, 6) is 2.53. The Hall–Kier alpha value is -3.32. The highest BCUT2D eigenvalue weighted by Gasteiger charge is 2.28. The first kappa shape index (κ1) is 20.9. The van der Waals surface area contributed by atoms with Gasteiger partial charge in [0.15, 0.2) is 6.61 Å². The number of halogens is 1. The second kappa shape index (κ2) is 9.66. The van der Waals surface area contributed by atoms with Crippen molar-refractivity contribution in [3.05, 3.63) is 72.0 Å². The molecule has 0 bridgehead atoms. The highest BCUT2D eigenvalue weighted by atomic mass is 35.5. The summed E-state index contributed by atoms with van der Waals surface area (Å²) < 4.78 is 11.4. The maximum Gasteiger partial charge on any atom is 0.260 e. The van der Waals surface area contributed by atoms with E-state index < -0.39 is 0 Å². The van der Waals surface area contributed by atoms with Gasteiger partial charge in [0.05, 0.1) is 0 Å². The largest absolute Gasteiger partial charge is 0.484 e. The van der Waals surface area contributed by atoms with Crippen molar-refractivity contribution in [2.24, 2.45) is 0 Å². The molecule has 0 unspecified atom stereocenters. The monoisotopic (exact) mass is 438 g/mol. The number of carbonyl (C=O) groups excluding carboxylic acids is 1. The average Bonchev–Trinajstić information content (AvgIpc) is 2.80. The standard InChI is InChI=1S/C23H23ClN4O3/c1-17-14-27(11-12-28(17)23(29)15-30-19-5-3-2-4-6-19)21-13-22(26-16-25-21)31-20-9-7-18(24)8-10-20/h2-10,13,16-17H,11-12,14-15H2,1H3/t17-/m1/s1. The number of piperazine rings is 1. The topological polar surface area (TPSA) is 67.8 Å². The van der Waals surface area contributed by atoms with Gasteiger partial charge in [-0.1, -0.05) is 29.8 Å². The molecule has 31 heavy (non-hydrogen) atoms. The Morgan fingerprint density at radius 3 is 2.58 bits per heavy atom. The first-order chi connectivity index (χ1) is 15.1. The van der Waals surface area contributed by atoms with Crippen LogP contribution in [-0.4, -0.2) is 53.1 Å². The molecule has 8 heteroatoms. The van der Waals surface area contributed by atoms with E-state index in [9.17, 15) is 4.79 Å². The first-order valence-electron chi connectivity index (χ1n) is 10.1. The maximum atomic E-state index is 12.6. The van der Waals surface area contributed by atoms with E-state index in [0.29, 0.717) is 42.0 Å². The lowest BCUT2D eigenvalue weighted by molar-refractivity contribution is -0.135. The molecule has 1 atom stereocenters. The van der Waals surface area contributed by atoms with Crippen LogP contribution in [-0.2, 0) is 4.79 Å². The van der Waals surface area contributed by atoms with E-state index in [4.69, 9.17) is 21.1 Å². The molecule has 0 radical (unpaired) electrons. The summed E-state index contributed by atoms with van der Waals surface area (Å²) in [5.41, 5.74) is 0. The van der Waals surface area contributed by atoms with Crippen LogP contribution in [0.4, 0.5) is 5.82 Å². The summed E-state index contributed by atoms with van der Waals surface area (Å²) in [4.78, 5) is 25.2. The van der Waals surface area contributed by atoms with Crippen LogP contribution in [0.3, 0.4) is 0 Å². The first-order valence-corrected chi connectivity index (χ1v) is 10.4. The summed E-state index contributed by atoms with van der Waals surface area (Å²) in [6.45, 7) is 3.97. The summed E-state index contributed by atoms with van der Waals surface area (Å²) in [7, 11) is 0. The number of para-hydroxylation sites is 1. The van der Waals surface area contributed by atoms with Crippen molar-refractivity contribution in [2.75, 3.05) is 31.1 Å². The second-order valence-electron chi connectivity index (χ2n) is 7.25. The lowest BCUT2D eigenvalue weighted by Gasteiger charge is -2.40. The molecule has 0 saturated carbocycles. The van der Waals surface area contributed by atoms with E-state index in [-0.39, 0.29) is 18.6 Å². The van der Waals surface area contributed by atoms with Crippen molar-refractivity contribution in [2.45, 2.75) is 13.0 Å². The van der Waals surface area contributed by atoms with Gasteiger partial charge in [-0.3, -0.25) is 4.79 Å². The van der Waals surface area contributed by atoms with Gasteiger partial charge in [0, 0.05) is 36.8 Å². The third kappa shape index (κ3) is 5.44. The Balaban J connectivity index is 1.35. The normalized spacial score (nSPS) is 16.1. The number of benzene rings is 2. The number of hydrogen-bond acceptors (Lipinski definition) is 6. The molecule has 2 aromatic carbocycles. The summed E-state index contributed by atoms with van der Waals surface area (Å²) in [6.07, 6.45) is 1.48. The molecule has 7 nitrogen and oxygen atoms in total. The van der Waals surface area contributed by atoms with Crippen LogP contribution in [0.5, 0.6) is 17.4 Å². The highest BCUT2D eigenvalue weighted by Crippen LogP contribution is 2.25. The number of nitrogens with zero attached hydrogens (tertiary/aromatic N) is 4. The molecule has 0 spiro atoms. The molecular weight excluding hydrogens is 416 g/mol. The minimum atomic E-state index is -0.0227. The van der Waals surface area contributed by atoms with E-state index in [0.717, 1.165) is 5.82 Å². The molecule has 0 aliphatic carbocycles. The van der Waals surface area contributed by atoms with E-state index in [1.807, 2.05) is 42.2 Å². The average molecular weight is 439 g/mol. The quantitative estimate of drug-likeness (QED) is 0.578. The maximum absolute atomic E-state index is 12.6. The molecule has 1 fully saturated rings. The predicted octanol–water partition coefficient (Wildman–Crippen LogP) is 4.04. The minimum absolute atomic E-state index is 0.0227. The van der Waals surface area contributed by atoms with Gasteiger partial charge in [-0.25, -0.2) is 9.97 Å². The molecule has 1 aliphatic heterocycles. The molecule has 1 aromatic heterocycles. The van der Waals surface area contributed by atoms with Crippen molar-refractivity contribution in [1.29, 1.82) is 0 Å². The number of amides is 1. The van der Waals surface area contributed by atoms with Gasteiger partial charge in [0.2, 0.25) is 5.88 Å². The van der Waals surface area contributed by atoms with Crippen molar-refractivity contribution in [3.63, 3.8) is 0 Å². The number of aromatic nitrogens is 2. The van der Waals surface area contributed by atoms with Crippen molar-refractivity contribution in [3.8, 4) is 17.4 Å². The van der Waals surface area contributed by atoms with E-state index >= 15 is 0 Å². The zero-order valence-corrected chi connectivity index (χ0v) is 17.9. The molecule has 0 N–H and O–H groups in total. The molecule has 2 heterocycles. The molecule has 160 valence electrons. The van der Waals surface area contributed by atoms with Crippen LogP contribution in [0.15, 0.2) is 67.0 Å². The van der Waals surface area contributed by atoms with Crippen LogP contribution >= 0.6 is 11.6 Å². The highest BCUT2D eigenvalue weighted by molar-refractivity contribution is 6.30. The predicted molar refractivity (Wildman–Crippen MR) is 119 cm³/mol. The number of ether oxygens (including phenoxy) is 2. The summed E-state index contributed by atoms with van der Waals surface area (Å²) >= 11 is 5.92. The molecule has 3 aromatic rings. The van der Waals surface area contributed by atoms with Crippen molar-refractivity contribution >= 4 is 23.3 Å². The molecule has 1 amide bonds. The fraction of sp³-hybridized carbons (Fsp3) is 0.261. The minimum Gasteiger partial charge on any atom is -0.484 e.